The predicted molar refractivity (Wildman–Crippen MR) is 133 cm³/mol. The van der Waals surface area contributed by atoms with Crippen molar-refractivity contribution in [2.75, 3.05) is 6.54 Å². The summed E-state index contributed by atoms with van der Waals surface area (Å²) in [6, 6.07) is 14.1. The molecule has 1 aromatic carbocycles. The minimum absolute atomic E-state index is 0.0532. The Morgan fingerprint density at radius 2 is 1.97 bits per heavy atom. The molecule has 3 heterocycles. The summed E-state index contributed by atoms with van der Waals surface area (Å²) >= 11 is 0. The molecule has 1 N–H and O–H groups in total. The summed E-state index contributed by atoms with van der Waals surface area (Å²) in [4.78, 5) is 29.4. The number of nitrogens with one attached hydrogen (secondary N) is 1. The summed E-state index contributed by atoms with van der Waals surface area (Å²) in [5.74, 6) is 0.856. The van der Waals surface area contributed by atoms with Crippen LogP contribution in [0.3, 0.4) is 0 Å². The van der Waals surface area contributed by atoms with Crippen LogP contribution >= 0.6 is 0 Å². The van der Waals surface area contributed by atoms with Crippen molar-refractivity contribution in [2.24, 2.45) is 11.8 Å². The average Bonchev–Trinajstić information content (AvgIpc) is 3.42. The van der Waals surface area contributed by atoms with Crippen molar-refractivity contribution in [3.05, 3.63) is 60.0 Å². The highest BCUT2D eigenvalue weighted by Gasteiger charge is 2.48. The molecule has 5 rings (SSSR count). The van der Waals surface area contributed by atoms with Gasteiger partial charge in [0.25, 0.3) is 5.91 Å². The van der Waals surface area contributed by atoms with Crippen LogP contribution < -0.4 is 5.32 Å². The fraction of sp³-hybridized carbons (Fsp3) is 0.500. The van der Waals surface area contributed by atoms with Crippen LogP contribution in [0.1, 0.15) is 62.5 Å². The van der Waals surface area contributed by atoms with E-state index >= 15 is 0 Å². The van der Waals surface area contributed by atoms with E-state index in [2.05, 4.69) is 31.3 Å². The van der Waals surface area contributed by atoms with Crippen LogP contribution in [0.4, 0.5) is 0 Å². The summed E-state index contributed by atoms with van der Waals surface area (Å²) in [5.41, 5.74) is 2.42. The van der Waals surface area contributed by atoms with Crippen molar-refractivity contribution in [1.82, 2.24) is 14.8 Å². The Morgan fingerprint density at radius 3 is 2.76 bits per heavy atom. The lowest BCUT2D eigenvalue weighted by atomic mass is 9.77. The first-order chi connectivity index (χ1) is 16.4. The Kier molecular flexibility index (Phi) is 6.00. The van der Waals surface area contributed by atoms with Gasteiger partial charge in [-0.1, -0.05) is 57.0 Å². The van der Waals surface area contributed by atoms with E-state index in [1.54, 1.807) is 11.2 Å². The van der Waals surface area contributed by atoms with Crippen molar-refractivity contribution in [3.8, 4) is 0 Å². The van der Waals surface area contributed by atoms with E-state index in [4.69, 9.17) is 4.42 Å². The Morgan fingerprint density at radius 1 is 1.18 bits per heavy atom. The van der Waals surface area contributed by atoms with Crippen LogP contribution in [0.25, 0.3) is 11.1 Å². The summed E-state index contributed by atoms with van der Waals surface area (Å²) in [5, 5.41) is 3.36. The molecule has 0 saturated heterocycles. The fourth-order valence-corrected chi connectivity index (χ4v) is 5.82. The van der Waals surface area contributed by atoms with Crippen molar-refractivity contribution >= 4 is 22.9 Å². The molecule has 1 aliphatic heterocycles. The van der Waals surface area contributed by atoms with Crippen molar-refractivity contribution in [1.29, 1.82) is 0 Å². The lowest BCUT2D eigenvalue weighted by molar-refractivity contribution is -0.134. The Balaban J connectivity index is 1.42. The first-order valence-electron chi connectivity index (χ1n) is 12.6. The van der Waals surface area contributed by atoms with Gasteiger partial charge in [-0.15, -0.1) is 0 Å². The summed E-state index contributed by atoms with van der Waals surface area (Å²) < 4.78 is 7.54. The minimum Gasteiger partial charge on any atom is -0.463 e. The van der Waals surface area contributed by atoms with Gasteiger partial charge in [-0.2, -0.15) is 0 Å². The number of amides is 2. The van der Waals surface area contributed by atoms with Crippen LogP contribution in [-0.4, -0.2) is 39.4 Å². The van der Waals surface area contributed by atoms with Gasteiger partial charge in [-0.3, -0.25) is 9.59 Å². The van der Waals surface area contributed by atoms with Gasteiger partial charge >= 0.3 is 0 Å². The molecular weight excluding hydrogens is 426 g/mol. The molecule has 1 aliphatic carbocycles. The number of carbonyl (C=O) groups excluding carboxylic acids is 2. The molecule has 0 spiro atoms. The zero-order valence-corrected chi connectivity index (χ0v) is 20.4. The summed E-state index contributed by atoms with van der Waals surface area (Å²) in [6.45, 7) is 7.38. The molecular formula is C28H35N3O3. The van der Waals surface area contributed by atoms with Crippen LogP contribution in [0.2, 0.25) is 0 Å². The van der Waals surface area contributed by atoms with E-state index in [-0.39, 0.29) is 17.9 Å². The number of furan rings is 1. The lowest BCUT2D eigenvalue weighted by Gasteiger charge is -2.45. The lowest BCUT2D eigenvalue weighted by Crippen LogP contribution is -2.65. The van der Waals surface area contributed by atoms with Crippen LogP contribution in [-0.2, 0) is 17.8 Å². The van der Waals surface area contributed by atoms with Crippen molar-refractivity contribution in [3.63, 3.8) is 0 Å². The van der Waals surface area contributed by atoms with Gasteiger partial charge in [0.05, 0.1) is 18.3 Å². The zero-order chi connectivity index (χ0) is 23.9. The average molecular weight is 462 g/mol. The number of aromatic nitrogens is 1. The topological polar surface area (TPSA) is 67.5 Å². The smallest absolute Gasteiger partial charge is 0.271 e. The number of benzene rings is 1. The monoisotopic (exact) mass is 461 g/mol. The maximum Gasteiger partial charge on any atom is 0.271 e. The quantitative estimate of drug-likeness (QED) is 0.560. The molecule has 0 bridgehead atoms. The van der Waals surface area contributed by atoms with Crippen LogP contribution in [0.5, 0.6) is 0 Å². The number of hydrogen-bond donors (Lipinski definition) is 1. The Labute approximate surface area is 201 Å². The molecule has 1 fully saturated rings. The van der Waals surface area contributed by atoms with Crippen molar-refractivity contribution < 1.29 is 14.0 Å². The summed E-state index contributed by atoms with van der Waals surface area (Å²) in [7, 11) is 0. The third-order valence-electron chi connectivity index (χ3n) is 8.25. The van der Waals surface area contributed by atoms with E-state index < -0.39 is 5.54 Å². The van der Waals surface area contributed by atoms with Gasteiger partial charge in [0.15, 0.2) is 5.58 Å². The molecule has 4 atom stereocenters. The van der Waals surface area contributed by atoms with E-state index in [1.165, 1.54) is 12.0 Å². The van der Waals surface area contributed by atoms with Gasteiger partial charge < -0.3 is 19.2 Å². The standard InChI is InChI=1S/C28H35N3O3/c1-19-9-7-13-22(20(19)2)29-27(33)28(3)18-30-23-14-16-34-25(23)17-24(30)26(32)31(28)15-8-12-21-10-5-4-6-11-21/h4-6,10-11,14,16-17,19-20,22H,7-9,12-13,15,18H2,1-3H3,(H,29,33)/t19-,20+,22+,28-/m1/s1. The minimum atomic E-state index is -0.968. The van der Waals surface area contributed by atoms with E-state index in [9.17, 15) is 9.59 Å². The molecule has 34 heavy (non-hydrogen) atoms. The van der Waals surface area contributed by atoms with E-state index in [0.717, 1.165) is 31.2 Å². The van der Waals surface area contributed by atoms with Gasteiger partial charge in [-0.05, 0) is 43.6 Å². The number of aryl methyl sites for hydroxylation is 1. The number of fused-ring (bicyclic) bond motifs is 3. The molecule has 180 valence electrons. The first kappa shape index (κ1) is 22.8. The second-order valence-corrected chi connectivity index (χ2v) is 10.5. The first-order valence-corrected chi connectivity index (χ1v) is 12.6. The molecule has 0 unspecified atom stereocenters. The van der Waals surface area contributed by atoms with Gasteiger partial charge in [0.1, 0.15) is 11.2 Å². The zero-order valence-electron chi connectivity index (χ0n) is 20.4. The van der Waals surface area contributed by atoms with Crippen LogP contribution in [0, 0.1) is 11.8 Å². The number of carbonyl (C=O) groups is 2. The molecule has 3 aromatic rings. The molecule has 6 nitrogen and oxygen atoms in total. The van der Waals surface area contributed by atoms with E-state index in [0.29, 0.717) is 36.2 Å². The molecule has 1 saturated carbocycles. The third-order valence-corrected chi connectivity index (χ3v) is 8.25. The Bertz CT molecular complexity index is 1180. The SMILES string of the molecule is C[C@H]1[C@H](C)CCC[C@@H]1NC(=O)[C@@]1(C)Cn2c(cc3occc32)C(=O)N1CCCc1ccccc1. The van der Waals surface area contributed by atoms with Gasteiger partial charge in [0, 0.05) is 24.7 Å². The number of hydrogen-bond acceptors (Lipinski definition) is 3. The second-order valence-electron chi connectivity index (χ2n) is 10.5. The third kappa shape index (κ3) is 3.93. The van der Waals surface area contributed by atoms with Gasteiger partial charge in [-0.25, -0.2) is 0 Å². The molecule has 2 aromatic heterocycles. The van der Waals surface area contributed by atoms with Gasteiger partial charge in [0.2, 0.25) is 5.91 Å². The van der Waals surface area contributed by atoms with E-state index in [1.807, 2.05) is 41.8 Å². The van der Waals surface area contributed by atoms with Crippen LogP contribution in [0.15, 0.2) is 53.1 Å². The normalized spacial score (nSPS) is 27.1. The maximum absolute atomic E-state index is 13.9. The number of nitrogens with zero attached hydrogens (tertiary/aromatic N) is 2. The fourth-order valence-electron chi connectivity index (χ4n) is 5.82. The highest BCUT2D eigenvalue weighted by atomic mass is 16.3. The molecule has 6 heteroatoms. The maximum atomic E-state index is 13.9. The molecule has 0 radical (unpaired) electrons. The van der Waals surface area contributed by atoms with Crippen molar-refractivity contribution in [2.45, 2.75) is 71.0 Å². The molecule has 2 amide bonds. The predicted octanol–water partition coefficient (Wildman–Crippen LogP) is 5.02. The largest absolute Gasteiger partial charge is 0.463 e. The Hall–Kier alpha value is -3.02. The highest BCUT2D eigenvalue weighted by molar-refractivity contribution is 6.02. The molecule has 2 aliphatic rings. The number of rotatable bonds is 6. The highest BCUT2D eigenvalue weighted by Crippen LogP contribution is 2.35. The summed E-state index contributed by atoms with van der Waals surface area (Å²) in [6.07, 6.45) is 6.63. The second kappa shape index (κ2) is 8.97.